The average molecular weight is 365 g/mol. The number of ether oxygens (including phenoxy) is 1. The molecule has 0 saturated carbocycles. The van der Waals surface area contributed by atoms with Crippen molar-refractivity contribution in [2.45, 2.75) is 31.8 Å². The van der Waals surface area contributed by atoms with Crippen molar-refractivity contribution in [3.63, 3.8) is 0 Å². The van der Waals surface area contributed by atoms with E-state index in [4.69, 9.17) is 4.74 Å². The van der Waals surface area contributed by atoms with E-state index < -0.39 is 0 Å². The molecule has 5 rings (SSSR count). The van der Waals surface area contributed by atoms with Gasteiger partial charge in [-0.15, -0.1) is 0 Å². The number of carbonyl (C=O) groups excluding carboxylic acids is 1. The maximum Gasteiger partial charge on any atom is 0.226 e. The van der Waals surface area contributed by atoms with Crippen LogP contribution in [-0.2, 0) is 11.3 Å². The lowest BCUT2D eigenvalue weighted by Gasteiger charge is -2.36. The molecular formula is C22H27N3O2. The Bertz CT molecular complexity index is 738. The number of pyridine rings is 1. The highest BCUT2D eigenvalue weighted by Crippen LogP contribution is 2.29. The van der Waals surface area contributed by atoms with Crippen molar-refractivity contribution >= 4 is 5.91 Å². The van der Waals surface area contributed by atoms with Gasteiger partial charge < -0.3 is 9.64 Å². The standard InChI is InChI=1S/C22H27N3O2/c26-22(11-13-27-21-7-2-1-3-8-21)25-15-18-9-10-20(25)17-24(14-18)16-19-6-4-5-12-23-19/h1-8,12,18,20H,9-11,13-17H2/t18-,20+/m1/s1. The van der Waals surface area contributed by atoms with Crippen LogP contribution in [0, 0.1) is 5.92 Å². The highest BCUT2D eigenvalue weighted by molar-refractivity contribution is 5.77. The van der Waals surface area contributed by atoms with Crippen molar-refractivity contribution in [1.29, 1.82) is 0 Å². The molecule has 2 bridgehead atoms. The molecule has 3 aliphatic heterocycles. The summed E-state index contributed by atoms with van der Waals surface area (Å²) in [6.07, 6.45) is 4.62. The van der Waals surface area contributed by atoms with Gasteiger partial charge >= 0.3 is 0 Å². The molecule has 2 aromatic rings. The minimum absolute atomic E-state index is 0.223. The second-order valence-corrected chi connectivity index (χ2v) is 7.57. The molecule has 4 heterocycles. The molecule has 27 heavy (non-hydrogen) atoms. The molecule has 0 unspecified atom stereocenters. The molecule has 0 aliphatic carbocycles. The van der Waals surface area contributed by atoms with E-state index in [0.29, 0.717) is 25.0 Å². The van der Waals surface area contributed by atoms with Crippen LogP contribution in [0.1, 0.15) is 25.0 Å². The summed E-state index contributed by atoms with van der Waals surface area (Å²) in [6, 6.07) is 16.1. The number of hydrogen-bond acceptors (Lipinski definition) is 4. The van der Waals surface area contributed by atoms with E-state index in [0.717, 1.165) is 44.0 Å². The Hall–Kier alpha value is -2.40. The number of hydrogen-bond donors (Lipinski definition) is 0. The monoisotopic (exact) mass is 365 g/mol. The van der Waals surface area contributed by atoms with Crippen molar-refractivity contribution in [2.24, 2.45) is 5.92 Å². The maximum absolute atomic E-state index is 12.8. The number of fused-ring (bicyclic) bond motifs is 4. The molecule has 5 nitrogen and oxygen atoms in total. The Morgan fingerprint density at radius 3 is 2.70 bits per heavy atom. The number of rotatable bonds is 6. The van der Waals surface area contributed by atoms with Crippen LogP contribution in [-0.4, -0.2) is 53.0 Å². The Balaban J connectivity index is 1.32. The molecule has 0 spiro atoms. The number of piperidine rings is 1. The van der Waals surface area contributed by atoms with E-state index in [1.54, 1.807) is 0 Å². The molecule has 3 saturated heterocycles. The van der Waals surface area contributed by atoms with Crippen molar-refractivity contribution in [3.8, 4) is 5.75 Å². The van der Waals surface area contributed by atoms with Gasteiger partial charge in [0.05, 0.1) is 18.7 Å². The Kier molecular flexibility index (Phi) is 5.68. The van der Waals surface area contributed by atoms with E-state index in [9.17, 15) is 4.79 Å². The Morgan fingerprint density at radius 1 is 1.04 bits per heavy atom. The van der Waals surface area contributed by atoms with Gasteiger partial charge in [0.15, 0.2) is 0 Å². The predicted octanol–water partition coefficient (Wildman–Crippen LogP) is 2.97. The first-order chi connectivity index (χ1) is 13.3. The van der Waals surface area contributed by atoms with Crippen molar-refractivity contribution in [1.82, 2.24) is 14.8 Å². The normalized spacial score (nSPS) is 22.4. The van der Waals surface area contributed by atoms with Gasteiger partial charge in [0, 0.05) is 38.4 Å². The summed E-state index contributed by atoms with van der Waals surface area (Å²) in [5, 5.41) is 0. The van der Waals surface area contributed by atoms with Crippen LogP contribution in [0.25, 0.3) is 0 Å². The zero-order valence-corrected chi connectivity index (χ0v) is 15.7. The molecule has 0 N–H and O–H groups in total. The van der Waals surface area contributed by atoms with Gasteiger partial charge in [0.25, 0.3) is 0 Å². The summed E-state index contributed by atoms with van der Waals surface area (Å²) in [5.74, 6) is 1.61. The Morgan fingerprint density at radius 2 is 1.89 bits per heavy atom. The molecule has 2 atom stereocenters. The van der Waals surface area contributed by atoms with E-state index in [1.165, 1.54) is 6.42 Å². The lowest BCUT2D eigenvalue weighted by Crippen LogP contribution is -2.47. The molecule has 1 aromatic carbocycles. The van der Waals surface area contributed by atoms with Crippen LogP contribution in [0.3, 0.4) is 0 Å². The van der Waals surface area contributed by atoms with E-state index in [1.807, 2.05) is 48.7 Å². The van der Waals surface area contributed by atoms with Crippen molar-refractivity contribution in [3.05, 3.63) is 60.4 Å². The quantitative estimate of drug-likeness (QED) is 0.790. The highest BCUT2D eigenvalue weighted by atomic mass is 16.5. The minimum Gasteiger partial charge on any atom is -0.493 e. The molecule has 1 aromatic heterocycles. The van der Waals surface area contributed by atoms with Crippen LogP contribution < -0.4 is 4.74 Å². The largest absolute Gasteiger partial charge is 0.493 e. The molecule has 142 valence electrons. The summed E-state index contributed by atoms with van der Waals surface area (Å²) < 4.78 is 5.71. The second kappa shape index (κ2) is 8.53. The minimum atomic E-state index is 0.223. The zero-order chi connectivity index (χ0) is 18.5. The summed E-state index contributed by atoms with van der Waals surface area (Å²) in [4.78, 5) is 21.9. The van der Waals surface area contributed by atoms with Gasteiger partial charge in [-0.2, -0.15) is 0 Å². The summed E-state index contributed by atoms with van der Waals surface area (Å²) in [6.45, 7) is 4.19. The fraction of sp³-hybridized carbons (Fsp3) is 0.455. The summed E-state index contributed by atoms with van der Waals surface area (Å²) in [7, 11) is 0. The SMILES string of the molecule is O=C(CCOc1ccccc1)N1C[C@@H]2CC[C@H]1CN(Cc1ccccn1)C2. The maximum atomic E-state index is 12.8. The number of nitrogens with zero attached hydrogens (tertiary/aromatic N) is 3. The lowest BCUT2D eigenvalue weighted by molar-refractivity contribution is -0.135. The first-order valence-electron chi connectivity index (χ1n) is 9.87. The van der Waals surface area contributed by atoms with E-state index in [2.05, 4.69) is 20.9 Å². The smallest absolute Gasteiger partial charge is 0.226 e. The van der Waals surface area contributed by atoms with Gasteiger partial charge in [-0.1, -0.05) is 24.3 Å². The molecule has 3 aliphatic rings. The molecule has 5 heteroatoms. The number of benzene rings is 1. The fourth-order valence-corrected chi connectivity index (χ4v) is 4.25. The lowest BCUT2D eigenvalue weighted by atomic mass is 9.95. The van der Waals surface area contributed by atoms with Gasteiger partial charge in [-0.05, 0) is 43.0 Å². The topological polar surface area (TPSA) is 45.7 Å². The van der Waals surface area contributed by atoms with Gasteiger partial charge in [0.1, 0.15) is 5.75 Å². The third kappa shape index (κ3) is 4.66. The van der Waals surface area contributed by atoms with Gasteiger partial charge in [-0.25, -0.2) is 0 Å². The average Bonchev–Trinajstić information content (AvgIpc) is 3.00. The number of aromatic nitrogens is 1. The van der Waals surface area contributed by atoms with Crippen LogP contribution in [0.15, 0.2) is 54.7 Å². The van der Waals surface area contributed by atoms with Gasteiger partial charge in [0.2, 0.25) is 5.91 Å². The van der Waals surface area contributed by atoms with Crippen LogP contribution in [0.4, 0.5) is 0 Å². The Labute approximate surface area is 161 Å². The molecule has 1 amide bonds. The first kappa shape index (κ1) is 18.0. The zero-order valence-electron chi connectivity index (χ0n) is 15.7. The number of carbonyl (C=O) groups is 1. The summed E-state index contributed by atoms with van der Waals surface area (Å²) in [5.41, 5.74) is 1.10. The second-order valence-electron chi connectivity index (χ2n) is 7.57. The highest BCUT2D eigenvalue weighted by Gasteiger charge is 2.36. The first-order valence-corrected chi connectivity index (χ1v) is 9.87. The third-order valence-electron chi connectivity index (χ3n) is 5.55. The number of amides is 1. The van der Waals surface area contributed by atoms with Crippen LogP contribution in [0.5, 0.6) is 5.75 Å². The molecule has 0 radical (unpaired) electrons. The van der Waals surface area contributed by atoms with Crippen molar-refractivity contribution < 1.29 is 9.53 Å². The van der Waals surface area contributed by atoms with Gasteiger partial charge in [-0.3, -0.25) is 14.7 Å². The molecule has 3 fully saturated rings. The fourth-order valence-electron chi connectivity index (χ4n) is 4.25. The summed E-state index contributed by atoms with van der Waals surface area (Å²) >= 11 is 0. The van der Waals surface area contributed by atoms with Crippen molar-refractivity contribution in [2.75, 3.05) is 26.2 Å². The van der Waals surface area contributed by atoms with Crippen LogP contribution in [0.2, 0.25) is 0 Å². The number of para-hydroxylation sites is 1. The van der Waals surface area contributed by atoms with E-state index >= 15 is 0 Å². The predicted molar refractivity (Wildman–Crippen MR) is 104 cm³/mol. The van der Waals surface area contributed by atoms with E-state index in [-0.39, 0.29) is 5.91 Å². The molecular weight excluding hydrogens is 338 g/mol. The third-order valence-corrected chi connectivity index (χ3v) is 5.55. The van der Waals surface area contributed by atoms with Crippen LogP contribution >= 0.6 is 0 Å².